The highest BCUT2D eigenvalue weighted by Gasteiger charge is 2.55. The van der Waals surface area contributed by atoms with Crippen LogP contribution >= 0.6 is 0 Å². The molecule has 2 N–H and O–H groups in total. The average Bonchev–Trinajstić information content (AvgIpc) is 3.18. The molecule has 3 aliphatic heterocycles. The Labute approximate surface area is 323 Å². The third-order valence-electron chi connectivity index (χ3n) is 12.7. The van der Waals surface area contributed by atoms with Gasteiger partial charge in [-0.25, -0.2) is 4.79 Å². The van der Waals surface area contributed by atoms with Crippen molar-refractivity contribution in [3.8, 4) is 17.2 Å². The minimum atomic E-state index is -1.25. The third kappa shape index (κ3) is 8.59. The first-order valence-corrected chi connectivity index (χ1v) is 20.2. The number of hydrogen-bond acceptors (Lipinski definition) is 7. The molecule has 0 radical (unpaired) electrons. The molecule has 8 nitrogen and oxygen atoms in total. The number of Topliss-reactive ketones (excluding diaryl/α,β-unsaturated/α-hetero) is 2. The van der Waals surface area contributed by atoms with E-state index >= 15 is 4.79 Å². The molecule has 1 saturated carbocycles. The molecule has 0 amide bonds. The summed E-state index contributed by atoms with van der Waals surface area (Å²) in [6, 6.07) is 0. The van der Waals surface area contributed by atoms with Crippen LogP contribution in [0, 0.1) is 23.7 Å². The third-order valence-corrected chi connectivity index (χ3v) is 12.7. The van der Waals surface area contributed by atoms with Crippen LogP contribution in [0.25, 0.3) is 6.08 Å². The lowest BCUT2D eigenvalue weighted by molar-refractivity contribution is -0.176. The van der Waals surface area contributed by atoms with Crippen LogP contribution in [0.15, 0.2) is 41.0 Å². The lowest BCUT2D eigenvalue weighted by Gasteiger charge is -2.48. The number of aliphatic carboxylic acids is 1. The number of carboxylic acid groups (broad SMARTS) is 1. The Morgan fingerprint density at radius 2 is 1.61 bits per heavy atom. The minimum Gasteiger partial charge on any atom is -0.506 e. The van der Waals surface area contributed by atoms with Gasteiger partial charge in [0, 0.05) is 29.9 Å². The van der Waals surface area contributed by atoms with Crippen molar-refractivity contribution in [2.45, 2.75) is 163 Å². The standard InChI is InChI=1S/C46H64O8/c1-27(2)15-14-24-45(9)25-23-32-38(48)37-39(49)36(30(6)31-16-12-11-13-17-31)42(52-41(37)33(40(32)53-45)19-18-28(3)4)34-20-21-35(47)46(10,54-44(34,7)8)26-22-29(5)43(50)51/h15,18,22-23,25,30-31,34,36,42,48H,11-14,16-17,19-21,24,26H2,1-10H3,(H,50,51)/b29-22-. The highest BCUT2D eigenvalue weighted by Crippen LogP contribution is 2.55. The summed E-state index contributed by atoms with van der Waals surface area (Å²) >= 11 is 0. The van der Waals surface area contributed by atoms with Crippen LogP contribution in [0.1, 0.15) is 155 Å². The van der Waals surface area contributed by atoms with E-state index in [-0.39, 0.29) is 53.1 Å². The first kappa shape index (κ1) is 41.5. The number of phenols is 1. The number of carbonyl (C=O) groups is 3. The number of allylic oxidation sites excluding steroid dienone is 4. The van der Waals surface area contributed by atoms with Crippen molar-refractivity contribution in [1.29, 1.82) is 0 Å². The molecule has 6 atom stereocenters. The first-order valence-electron chi connectivity index (χ1n) is 20.2. The summed E-state index contributed by atoms with van der Waals surface area (Å²) in [5.74, 6) is -1.14. The second kappa shape index (κ2) is 16.2. The van der Waals surface area contributed by atoms with Crippen molar-refractivity contribution in [3.05, 3.63) is 57.7 Å². The van der Waals surface area contributed by atoms with Gasteiger partial charge >= 0.3 is 5.97 Å². The van der Waals surface area contributed by atoms with E-state index in [4.69, 9.17) is 14.2 Å². The maximum absolute atomic E-state index is 15.3. The summed E-state index contributed by atoms with van der Waals surface area (Å²) in [5, 5.41) is 21.6. The summed E-state index contributed by atoms with van der Waals surface area (Å²) in [5.41, 5.74) is 1.15. The van der Waals surface area contributed by atoms with E-state index < -0.39 is 34.8 Å². The number of phenolic OH excluding ortho intramolecular Hbond substituents is 1. The SMILES string of the molecule is CC(C)=CCCC1(C)C=Cc2c(O)c3c(c(CC=C(C)C)c2O1)OC(C1CCC(=O)C(C)(C/C=C(/C)C(=O)O)OC1(C)C)C(C(C)C1CCCCC1)C3=O. The number of ketones is 2. The zero-order valence-corrected chi connectivity index (χ0v) is 34.4. The number of carbonyl (C=O) groups excluding carboxylic acids is 2. The summed E-state index contributed by atoms with van der Waals surface area (Å²) in [6.07, 6.45) is 17.4. The Morgan fingerprint density at radius 3 is 2.24 bits per heavy atom. The Bertz CT molecular complexity index is 1750. The molecule has 1 saturated heterocycles. The van der Waals surface area contributed by atoms with Gasteiger partial charge < -0.3 is 24.4 Å². The predicted molar refractivity (Wildman–Crippen MR) is 213 cm³/mol. The molecule has 296 valence electrons. The molecule has 2 fully saturated rings. The molecule has 1 aromatic carbocycles. The van der Waals surface area contributed by atoms with Crippen LogP contribution in [0.3, 0.4) is 0 Å². The van der Waals surface area contributed by atoms with E-state index in [1.165, 1.54) is 18.9 Å². The van der Waals surface area contributed by atoms with Crippen LogP contribution in [0.2, 0.25) is 0 Å². The van der Waals surface area contributed by atoms with Gasteiger partial charge in [0.1, 0.15) is 40.1 Å². The molecular weight excluding hydrogens is 680 g/mol. The Balaban J connectivity index is 1.66. The largest absolute Gasteiger partial charge is 0.506 e. The molecule has 0 aromatic heterocycles. The quantitative estimate of drug-likeness (QED) is 0.170. The summed E-state index contributed by atoms with van der Waals surface area (Å²) in [6.45, 7) is 19.6. The van der Waals surface area contributed by atoms with Gasteiger partial charge in [0.05, 0.1) is 17.1 Å². The van der Waals surface area contributed by atoms with Crippen LogP contribution in [0.5, 0.6) is 17.2 Å². The molecule has 4 aliphatic rings. The lowest BCUT2D eigenvalue weighted by atomic mass is 9.65. The van der Waals surface area contributed by atoms with Crippen LogP contribution < -0.4 is 9.47 Å². The topological polar surface area (TPSA) is 119 Å². The van der Waals surface area contributed by atoms with Gasteiger partial charge in [-0.3, -0.25) is 9.59 Å². The normalized spacial score (nSPS) is 28.9. The first-order chi connectivity index (χ1) is 25.3. The van der Waals surface area contributed by atoms with Gasteiger partial charge in [-0.05, 0) is 112 Å². The zero-order chi connectivity index (χ0) is 39.7. The second-order valence-corrected chi connectivity index (χ2v) is 18.0. The van der Waals surface area contributed by atoms with Gasteiger partial charge in [0.15, 0.2) is 11.6 Å². The summed E-state index contributed by atoms with van der Waals surface area (Å²) in [4.78, 5) is 40.8. The molecule has 3 heterocycles. The fourth-order valence-electron chi connectivity index (χ4n) is 9.31. The molecule has 1 aromatic rings. The number of carboxylic acids is 1. The number of ether oxygens (including phenoxy) is 3. The van der Waals surface area contributed by atoms with Crippen molar-refractivity contribution in [2.75, 3.05) is 0 Å². The number of fused-ring (bicyclic) bond motifs is 2. The average molecular weight is 745 g/mol. The van der Waals surface area contributed by atoms with Crippen molar-refractivity contribution in [2.24, 2.45) is 23.7 Å². The lowest BCUT2D eigenvalue weighted by Crippen LogP contribution is -2.55. The summed E-state index contributed by atoms with van der Waals surface area (Å²) < 4.78 is 20.9. The van der Waals surface area contributed by atoms with Gasteiger partial charge in [0.25, 0.3) is 0 Å². The van der Waals surface area contributed by atoms with E-state index in [0.29, 0.717) is 35.8 Å². The maximum atomic E-state index is 15.3. The van der Waals surface area contributed by atoms with E-state index in [2.05, 4.69) is 39.8 Å². The van der Waals surface area contributed by atoms with Crippen LogP contribution in [0.4, 0.5) is 0 Å². The molecular formula is C46H64O8. The highest BCUT2D eigenvalue weighted by molar-refractivity contribution is 6.06. The van der Waals surface area contributed by atoms with Crippen LogP contribution in [-0.4, -0.2) is 50.7 Å². The molecule has 0 spiro atoms. The molecule has 6 unspecified atom stereocenters. The molecule has 54 heavy (non-hydrogen) atoms. The number of hydrogen-bond donors (Lipinski definition) is 2. The Morgan fingerprint density at radius 1 is 0.944 bits per heavy atom. The fourth-order valence-corrected chi connectivity index (χ4v) is 9.31. The van der Waals surface area contributed by atoms with Crippen molar-refractivity contribution < 1.29 is 38.8 Å². The van der Waals surface area contributed by atoms with E-state index in [9.17, 15) is 19.8 Å². The van der Waals surface area contributed by atoms with E-state index in [1.54, 1.807) is 13.0 Å². The highest BCUT2D eigenvalue weighted by atomic mass is 16.5. The van der Waals surface area contributed by atoms with Gasteiger partial charge in [-0.15, -0.1) is 0 Å². The molecule has 8 heteroatoms. The van der Waals surface area contributed by atoms with Gasteiger partial charge in [-0.2, -0.15) is 0 Å². The number of benzene rings is 1. The van der Waals surface area contributed by atoms with Crippen LogP contribution in [-0.2, 0) is 20.7 Å². The van der Waals surface area contributed by atoms with E-state index in [1.807, 2.05) is 39.8 Å². The van der Waals surface area contributed by atoms with Crippen molar-refractivity contribution >= 4 is 23.6 Å². The molecule has 0 bridgehead atoms. The molecule has 1 aliphatic carbocycles. The van der Waals surface area contributed by atoms with Gasteiger partial charge in [-0.1, -0.05) is 68.4 Å². The fraction of sp³-hybridized carbons (Fsp3) is 0.630. The van der Waals surface area contributed by atoms with Gasteiger partial charge in [0.2, 0.25) is 0 Å². The van der Waals surface area contributed by atoms with Crippen molar-refractivity contribution in [3.63, 3.8) is 0 Å². The zero-order valence-electron chi connectivity index (χ0n) is 34.4. The monoisotopic (exact) mass is 744 g/mol. The Hall–Kier alpha value is -3.65. The molecule has 5 rings (SSSR count). The minimum absolute atomic E-state index is 0.0416. The second-order valence-electron chi connectivity index (χ2n) is 18.0. The smallest absolute Gasteiger partial charge is 0.330 e. The van der Waals surface area contributed by atoms with E-state index in [0.717, 1.165) is 49.7 Å². The maximum Gasteiger partial charge on any atom is 0.330 e. The van der Waals surface area contributed by atoms with Crippen molar-refractivity contribution in [1.82, 2.24) is 0 Å². The number of aromatic hydroxyl groups is 1. The Kier molecular flexibility index (Phi) is 12.5. The summed E-state index contributed by atoms with van der Waals surface area (Å²) in [7, 11) is 0. The predicted octanol–water partition coefficient (Wildman–Crippen LogP) is 10.5. The number of rotatable bonds is 11.